The number of H-pyrrole nitrogens is 1. The van der Waals surface area contributed by atoms with Gasteiger partial charge in [0.1, 0.15) is 81.6 Å². The third-order valence-corrected chi connectivity index (χ3v) is 22.0. The topological polar surface area (TPSA) is 429 Å². The second-order valence-electron chi connectivity index (χ2n) is 29.5. The van der Waals surface area contributed by atoms with Gasteiger partial charge in [-0.2, -0.15) is 14.6 Å². The van der Waals surface area contributed by atoms with E-state index in [0.717, 1.165) is 69.1 Å². The van der Waals surface area contributed by atoms with Gasteiger partial charge in [-0.05, 0) is 120 Å². The summed E-state index contributed by atoms with van der Waals surface area (Å²) in [5.74, 6) is -4.00. The van der Waals surface area contributed by atoms with Crippen LogP contribution in [0.4, 0.5) is 0 Å². The Morgan fingerprint density at radius 3 is 1.45 bits per heavy atom. The Labute approximate surface area is 772 Å². The number of benzene rings is 9. The molecule has 6 heterocycles. The molecule has 0 fully saturated rings. The lowest BCUT2D eigenvalue weighted by atomic mass is 10.0. The van der Waals surface area contributed by atoms with Crippen molar-refractivity contribution in [3.63, 3.8) is 0 Å². The molecule has 0 aliphatic rings. The van der Waals surface area contributed by atoms with Crippen molar-refractivity contribution in [2.75, 3.05) is 6.61 Å². The molecule has 0 aliphatic heterocycles. The highest BCUT2D eigenvalue weighted by atomic mass is 35.5. The summed E-state index contributed by atoms with van der Waals surface area (Å²) in [4.78, 5) is 162. The number of halogens is 1. The molecule has 0 aliphatic carbocycles. The van der Waals surface area contributed by atoms with Crippen LogP contribution >= 0.6 is 34.5 Å². The number of fused-ring (bicyclic) bond motifs is 1. The summed E-state index contributed by atoms with van der Waals surface area (Å²) >= 11 is 8.77. The van der Waals surface area contributed by atoms with E-state index in [1.54, 1.807) is 105 Å². The molecule has 668 valence electrons. The van der Waals surface area contributed by atoms with Crippen molar-refractivity contribution in [1.82, 2.24) is 70.5 Å². The van der Waals surface area contributed by atoms with E-state index < -0.39 is 65.4 Å². The first-order chi connectivity index (χ1) is 64.0. The number of nitrogens with two attached hydrogens (primary N) is 2. The van der Waals surface area contributed by atoms with Crippen molar-refractivity contribution in [2.45, 2.75) is 76.2 Å². The van der Waals surface area contributed by atoms with Crippen LogP contribution in [0.25, 0.3) is 49.9 Å². The van der Waals surface area contributed by atoms with Crippen LogP contribution in [0, 0.1) is 13.8 Å². The lowest BCUT2D eigenvalue weighted by molar-refractivity contribution is -0.137. The Bertz CT molecular complexity index is 6440. The van der Waals surface area contributed by atoms with Gasteiger partial charge in [0.15, 0.2) is 5.82 Å². The number of imidazole rings is 1. The minimum absolute atomic E-state index is 0.117. The Hall–Kier alpha value is -16.3. The second-order valence-corrected chi connectivity index (χ2v) is 31.5. The minimum Gasteiger partial charge on any atom is -0.490 e. The van der Waals surface area contributed by atoms with E-state index in [9.17, 15) is 57.5 Å². The summed E-state index contributed by atoms with van der Waals surface area (Å²) in [6, 6.07) is 81.4. The largest absolute Gasteiger partial charge is 0.490 e. The predicted octanol–water partition coefficient (Wildman–Crippen LogP) is 12.8. The number of hydrogen-bond donors (Lipinski definition) is 8. The van der Waals surface area contributed by atoms with Crippen LogP contribution in [0.3, 0.4) is 0 Å². The molecule has 5 atom stereocenters. The number of nitrogens with one attached hydrogen (secondary N) is 6. The van der Waals surface area contributed by atoms with Gasteiger partial charge in [-0.15, -0.1) is 11.3 Å². The third-order valence-electron chi connectivity index (χ3n) is 19.8. The molecule has 132 heavy (non-hydrogen) atoms. The summed E-state index contributed by atoms with van der Waals surface area (Å²) in [7, 11) is 1.61. The molecule has 5 unspecified atom stereocenters. The fraction of sp³-hybridized carbons (Fsp3) is 0.140. The predicted molar refractivity (Wildman–Crippen MR) is 505 cm³/mol. The number of carbonyl (C=O) groups excluding carboxylic acids is 12. The molecule has 32 heteroatoms. The van der Waals surface area contributed by atoms with Gasteiger partial charge in [-0.25, -0.2) is 14.6 Å². The van der Waals surface area contributed by atoms with Gasteiger partial charge < -0.3 is 62.2 Å². The van der Waals surface area contributed by atoms with Crippen molar-refractivity contribution in [1.29, 1.82) is 0 Å². The van der Waals surface area contributed by atoms with Crippen molar-refractivity contribution < 1.29 is 62.3 Å². The molecule has 7 amide bonds. The Morgan fingerprint density at radius 2 is 0.970 bits per heavy atom. The molecule has 0 spiro atoms. The summed E-state index contributed by atoms with van der Waals surface area (Å²) in [6.45, 7) is 7.57. The number of hydrogen-bond acceptors (Lipinski definition) is 21. The number of pyridine rings is 1. The highest BCUT2D eigenvalue weighted by Crippen LogP contribution is 2.32. The van der Waals surface area contributed by atoms with Gasteiger partial charge in [0.05, 0.1) is 62.7 Å². The van der Waals surface area contributed by atoms with Crippen molar-refractivity contribution in [3.05, 3.63) is 381 Å². The number of aromatic nitrogens is 9. The fourth-order valence-corrected chi connectivity index (χ4v) is 15.1. The van der Waals surface area contributed by atoms with Gasteiger partial charge >= 0.3 is 0 Å². The number of rotatable bonds is 34. The van der Waals surface area contributed by atoms with Gasteiger partial charge in [-0.1, -0.05) is 261 Å². The highest BCUT2D eigenvalue weighted by Gasteiger charge is 2.32. The highest BCUT2D eigenvalue weighted by molar-refractivity contribution is 7.11. The number of ketones is 2. The lowest BCUT2D eigenvalue weighted by Crippen LogP contribution is -2.47. The Balaban J connectivity index is 0.000000160. The molecule has 0 bridgehead atoms. The number of aldehydes is 3. The maximum atomic E-state index is 13.0. The van der Waals surface area contributed by atoms with Crippen molar-refractivity contribution >= 4 is 117 Å². The van der Waals surface area contributed by atoms with Crippen molar-refractivity contribution in [3.8, 4) is 44.7 Å². The van der Waals surface area contributed by atoms with Crippen LogP contribution in [-0.4, -0.2) is 152 Å². The summed E-state index contributed by atoms with van der Waals surface area (Å²) in [5, 5.41) is 22.3. The van der Waals surface area contributed by atoms with E-state index in [4.69, 9.17) is 27.8 Å². The molecule has 0 saturated heterocycles. The second kappa shape index (κ2) is 48.6. The summed E-state index contributed by atoms with van der Waals surface area (Å²) in [5.41, 5.74) is 23.2. The standard InChI is InChI=1S/C23H19N3O2.C22H22N4O3.C21H19ClN4O3.C21H19N3O3S.C13H12N2O2S/c27-15-18(14-16-8-3-1-4-9-16)24-23(28)19-12-7-13-20-21(19)26-22(25-20)17-10-5-2-6-11-17;1-3-12-29-19-9-7-17(8-10-19)14-18(15-27)24-22(28)20-13-16(2)25-26(20)21-6-4-5-11-23-21;1-26-19(22)16(17(25-26)14-10-6-3-7-11-14)21(29)24-15(18(27)20(23)28)12-13-8-4-2-5-9-13;1-13-17(19(28-24-13)15-10-6-3-7-11-15)21(27)23-16(18(25)20(22)26)12-14-8-4-2-5-9-14;16-8-11(6-10-4-2-1-3-5-10)15-13(17)12-7-14-9-18-12/h1-13,15,18H,14H2,(H,24,28)(H,25,26);3-11,13,15,18H,1,12,14H2,2H3,(H,24,28);2-11,15H,12H2,1H3,(H2,23,28)(H,24,29);2-11,16H,12H2,1H3,(H2,22,26)(H,23,27);1-5,7-9,11H,6H2,(H,15,17). The number of aryl methyl sites for hydroxylation is 3. The average molecular weight is 1820 g/mol. The van der Waals surface area contributed by atoms with Gasteiger partial charge in [-0.3, -0.25) is 52.8 Å². The number of primary amides is 2. The van der Waals surface area contributed by atoms with Gasteiger partial charge in [0.2, 0.25) is 11.6 Å². The number of amides is 7. The number of aromatic amines is 1. The zero-order valence-electron chi connectivity index (χ0n) is 71.7. The number of ether oxygens (including phenoxy) is 1. The maximum absolute atomic E-state index is 13.0. The number of Topliss-reactive ketones (excluding diaryl/α,β-unsaturated/α-hetero) is 2. The zero-order valence-corrected chi connectivity index (χ0v) is 74.1. The summed E-state index contributed by atoms with van der Waals surface area (Å²) < 4.78 is 12.6. The fourth-order valence-electron chi connectivity index (χ4n) is 13.4. The van der Waals surface area contributed by atoms with Crippen LogP contribution in [0.15, 0.2) is 310 Å². The molecule has 29 nitrogen and oxygen atoms in total. The Kier molecular flexibility index (Phi) is 35.5. The molecular weight excluding hydrogens is 1730 g/mol. The maximum Gasteiger partial charge on any atom is 0.287 e. The van der Waals surface area contributed by atoms with Crippen LogP contribution in [-0.2, 0) is 72.7 Å². The minimum atomic E-state index is -1.12. The molecule has 6 aromatic heterocycles. The van der Waals surface area contributed by atoms with Crippen molar-refractivity contribution in [2.24, 2.45) is 18.5 Å². The monoisotopic (exact) mass is 1820 g/mol. The van der Waals surface area contributed by atoms with Crippen LogP contribution in [0.2, 0.25) is 5.15 Å². The summed E-state index contributed by atoms with van der Waals surface area (Å²) in [6.07, 6.45) is 8.65. The van der Waals surface area contributed by atoms with Gasteiger partial charge in [0.25, 0.3) is 41.4 Å². The first-order valence-corrected chi connectivity index (χ1v) is 43.3. The molecule has 0 radical (unpaired) electrons. The number of carbonyl (C=O) groups is 12. The molecule has 10 N–H and O–H groups in total. The molecule has 0 saturated carbocycles. The average Bonchev–Trinajstić information content (AvgIpc) is 1.65. The Morgan fingerprint density at radius 1 is 0.508 bits per heavy atom. The SMILES string of the molecule is C=CCOc1ccc(CC(C=O)NC(=O)c2cc(C)nn2-c2ccccn2)cc1.Cc1nsc(-c2ccccc2)c1C(=O)NC(Cc1ccccc1)C(=O)C(N)=O.Cn1nc(-c2ccccc2)c(C(=O)NC(Cc2ccccc2)C(=O)C(N)=O)c1Cl.O=CC(Cc1ccccc1)NC(=O)c1cccc2[nH]c(-c3ccccc3)nc12.O=CC(Cc1ccccc1)NC(=O)c1cncs1. The first kappa shape index (κ1) is 96.4. The van der Waals surface area contributed by atoms with Crippen LogP contribution in [0.1, 0.15) is 90.4 Å². The molecule has 15 rings (SSSR count). The lowest BCUT2D eigenvalue weighted by Gasteiger charge is -2.17. The molecule has 15 aromatic rings. The third kappa shape index (κ3) is 27.4. The van der Waals surface area contributed by atoms with Crippen LogP contribution < -0.4 is 42.8 Å². The van der Waals surface area contributed by atoms with E-state index in [1.807, 2.05) is 212 Å². The van der Waals surface area contributed by atoms with E-state index >= 15 is 0 Å². The zero-order chi connectivity index (χ0) is 93.8. The smallest absolute Gasteiger partial charge is 0.287 e. The quantitative estimate of drug-likeness (QED) is 0.0105. The van der Waals surface area contributed by atoms with Crippen LogP contribution in [0.5, 0.6) is 5.75 Å². The van der Waals surface area contributed by atoms with E-state index in [-0.39, 0.29) is 41.3 Å². The normalized spacial score (nSPS) is 11.7. The number of para-hydroxylation sites is 1. The van der Waals surface area contributed by atoms with Gasteiger partial charge in [0, 0.05) is 37.2 Å². The van der Waals surface area contributed by atoms with E-state index in [1.165, 1.54) is 38.4 Å². The molecule has 9 aromatic carbocycles. The first-order valence-electron chi connectivity index (χ1n) is 41.3. The number of thiazole rings is 1. The molecular formula is C100H91ClN16O13S2. The number of nitrogens with zero attached hydrogens (tertiary/aromatic N) is 8. The van der Waals surface area contributed by atoms with E-state index in [0.29, 0.717) is 92.2 Å². The van der Waals surface area contributed by atoms with E-state index in [2.05, 4.69) is 67.7 Å².